The number of carbonyl (C=O) groups is 1. The predicted octanol–water partition coefficient (Wildman–Crippen LogP) is 3.52. The van der Waals surface area contributed by atoms with Crippen LogP contribution in [-0.2, 0) is 11.3 Å². The van der Waals surface area contributed by atoms with E-state index in [-0.39, 0.29) is 5.91 Å². The maximum atomic E-state index is 12.3. The van der Waals surface area contributed by atoms with Crippen LogP contribution in [0.4, 0.5) is 0 Å². The number of benzene rings is 1. The minimum atomic E-state index is 0.0903. The molecule has 2 aromatic rings. The summed E-state index contributed by atoms with van der Waals surface area (Å²) in [5.74, 6) is 3.02. The molecular weight excluding hydrogens is 354 g/mol. The van der Waals surface area contributed by atoms with Gasteiger partial charge in [-0.05, 0) is 73.7 Å². The maximum Gasteiger partial charge on any atom is 0.220 e. The minimum Gasteiger partial charge on any atom is -0.497 e. The van der Waals surface area contributed by atoms with Gasteiger partial charge in [-0.3, -0.25) is 4.79 Å². The largest absolute Gasteiger partial charge is 0.497 e. The van der Waals surface area contributed by atoms with Crippen LogP contribution in [0.5, 0.6) is 17.4 Å². The van der Waals surface area contributed by atoms with E-state index in [9.17, 15) is 4.79 Å². The number of aromatic nitrogens is 1. The topological polar surface area (TPSA) is 72.5 Å². The summed E-state index contributed by atoms with van der Waals surface area (Å²) in [6, 6.07) is 11.1. The Hall–Kier alpha value is -2.60. The number of amides is 1. The van der Waals surface area contributed by atoms with Crippen molar-refractivity contribution in [2.24, 2.45) is 11.8 Å². The van der Waals surface area contributed by atoms with Crippen molar-refractivity contribution in [3.63, 3.8) is 0 Å². The number of hydrogen-bond donors (Lipinski definition) is 2. The van der Waals surface area contributed by atoms with Crippen LogP contribution in [0, 0.1) is 11.8 Å². The van der Waals surface area contributed by atoms with E-state index in [1.807, 2.05) is 36.4 Å². The summed E-state index contributed by atoms with van der Waals surface area (Å²) in [4.78, 5) is 16.6. The molecule has 2 atom stereocenters. The standard InChI is InChI=1S/C22H29N3O3/c1-16(18-4-3-10-23-15-18)12-21(26)25-14-17-9-11-24-22(13-17)28-20-7-5-19(27-2)6-8-20/h5-9,11,13,16,18,23H,3-4,10,12,14-15H2,1-2H3,(H,25,26). The first kappa shape index (κ1) is 20.1. The normalized spacial score (nSPS) is 17.6. The Balaban J connectivity index is 1.48. The van der Waals surface area contributed by atoms with Crippen molar-refractivity contribution in [1.82, 2.24) is 15.6 Å². The lowest BCUT2D eigenvalue weighted by Crippen LogP contribution is -2.35. The van der Waals surface area contributed by atoms with Gasteiger partial charge in [0.05, 0.1) is 7.11 Å². The molecule has 1 aliphatic heterocycles. The number of hydrogen-bond acceptors (Lipinski definition) is 5. The Bertz CT molecular complexity index is 758. The van der Waals surface area contributed by atoms with Gasteiger partial charge in [-0.15, -0.1) is 0 Å². The zero-order valence-corrected chi connectivity index (χ0v) is 16.6. The molecule has 1 aromatic carbocycles. The van der Waals surface area contributed by atoms with Crippen molar-refractivity contribution >= 4 is 5.91 Å². The number of rotatable bonds is 8. The van der Waals surface area contributed by atoms with Crippen LogP contribution in [-0.4, -0.2) is 31.1 Å². The summed E-state index contributed by atoms with van der Waals surface area (Å²) < 4.78 is 10.9. The number of carbonyl (C=O) groups excluding carboxylic acids is 1. The minimum absolute atomic E-state index is 0.0903. The average Bonchev–Trinajstić information content (AvgIpc) is 2.74. The lowest BCUT2D eigenvalue weighted by molar-refractivity contribution is -0.122. The van der Waals surface area contributed by atoms with Crippen LogP contribution < -0.4 is 20.1 Å². The van der Waals surface area contributed by atoms with Gasteiger partial charge in [-0.2, -0.15) is 0 Å². The van der Waals surface area contributed by atoms with E-state index in [1.54, 1.807) is 13.3 Å². The highest BCUT2D eigenvalue weighted by atomic mass is 16.5. The van der Waals surface area contributed by atoms with E-state index in [1.165, 1.54) is 12.8 Å². The first-order valence-electron chi connectivity index (χ1n) is 9.88. The van der Waals surface area contributed by atoms with Gasteiger partial charge < -0.3 is 20.1 Å². The Morgan fingerprint density at radius 3 is 2.79 bits per heavy atom. The molecule has 1 amide bonds. The molecule has 2 N–H and O–H groups in total. The highest BCUT2D eigenvalue weighted by Crippen LogP contribution is 2.24. The number of ether oxygens (including phenoxy) is 2. The lowest BCUT2D eigenvalue weighted by atomic mass is 9.85. The van der Waals surface area contributed by atoms with Crippen molar-refractivity contribution in [2.75, 3.05) is 20.2 Å². The van der Waals surface area contributed by atoms with Gasteiger partial charge in [0.25, 0.3) is 0 Å². The maximum absolute atomic E-state index is 12.3. The SMILES string of the molecule is COc1ccc(Oc2cc(CNC(=O)CC(C)C3CCCNC3)ccn2)cc1. The van der Waals surface area contributed by atoms with Gasteiger partial charge in [-0.25, -0.2) is 4.98 Å². The van der Waals surface area contributed by atoms with Crippen molar-refractivity contribution < 1.29 is 14.3 Å². The van der Waals surface area contributed by atoms with Gasteiger partial charge >= 0.3 is 0 Å². The van der Waals surface area contributed by atoms with Gasteiger partial charge in [-0.1, -0.05) is 6.92 Å². The van der Waals surface area contributed by atoms with Gasteiger partial charge in [0.1, 0.15) is 11.5 Å². The molecule has 6 nitrogen and oxygen atoms in total. The molecular formula is C22H29N3O3. The van der Waals surface area contributed by atoms with E-state index in [0.717, 1.165) is 24.4 Å². The van der Waals surface area contributed by atoms with Gasteiger partial charge in [0, 0.05) is 25.2 Å². The molecule has 2 unspecified atom stereocenters. The smallest absolute Gasteiger partial charge is 0.220 e. The third-order valence-corrected chi connectivity index (χ3v) is 5.22. The molecule has 0 radical (unpaired) electrons. The molecule has 1 aliphatic rings. The van der Waals surface area contributed by atoms with E-state index in [4.69, 9.17) is 9.47 Å². The molecule has 0 bridgehead atoms. The van der Waals surface area contributed by atoms with Crippen LogP contribution in [0.1, 0.15) is 31.7 Å². The fourth-order valence-corrected chi connectivity index (χ4v) is 3.48. The number of nitrogens with zero attached hydrogens (tertiary/aromatic N) is 1. The summed E-state index contributed by atoms with van der Waals surface area (Å²) in [5, 5.41) is 6.44. The van der Waals surface area contributed by atoms with Crippen molar-refractivity contribution in [2.45, 2.75) is 32.7 Å². The molecule has 1 fully saturated rings. The summed E-state index contributed by atoms with van der Waals surface area (Å²) in [6.07, 6.45) is 4.66. The molecule has 28 heavy (non-hydrogen) atoms. The van der Waals surface area contributed by atoms with Crippen LogP contribution in [0.25, 0.3) is 0 Å². The molecule has 6 heteroatoms. The number of methoxy groups -OCH3 is 1. The molecule has 0 aliphatic carbocycles. The van der Waals surface area contributed by atoms with Crippen LogP contribution in [0.3, 0.4) is 0 Å². The zero-order valence-electron chi connectivity index (χ0n) is 16.6. The Morgan fingerprint density at radius 1 is 1.29 bits per heavy atom. The van der Waals surface area contributed by atoms with E-state index in [2.05, 4.69) is 22.5 Å². The second-order valence-electron chi connectivity index (χ2n) is 7.34. The van der Waals surface area contributed by atoms with Crippen LogP contribution >= 0.6 is 0 Å². The second-order valence-corrected chi connectivity index (χ2v) is 7.34. The summed E-state index contributed by atoms with van der Waals surface area (Å²) in [7, 11) is 1.63. The third kappa shape index (κ3) is 5.96. The highest BCUT2D eigenvalue weighted by Gasteiger charge is 2.21. The average molecular weight is 383 g/mol. The molecule has 1 aromatic heterocycles. The van der Waals surface area contributed by atoms with Crippen LogP contribution in [0.15, 0.2) is 42.6 Å². The Kier molecular flexibility index (Phi) is 7.25. The number of pyridine rings is 1. The van der Waals surface area contributed by atoms with Crippen molar-refractivity contribution in [3.05, 3.63) is 48.2 Å². The fraction of sp³-hybridized carbons (Fsp3) is 0.455. The lowest BCUT2D eigenvalue weighted by Gasteiger charge is -2.28. The Morgan fingerprint density at radius 2 is 2.07 bits per heavy atom. The predicted molar refractivity (Wildman–Crippen MR) is 109 cm³/mol. The molecule has 3 rings (SSSR count). The van der Waals surface area contributed by atoms with E-state index >= 15 is 0 Å². The number of nitrogens with one attached hydrogen (secondary N) is 2. The summed E-state index contributed by atoms with van der Waals surface area (Å²) >= 11 is 0. The fourth-order valence-electron chi connectivity index (χ4n) is 3.48. The van der Waals surface area contributed by atoms with Crippen molar-refractivity contribution in [3.8, 4) is 17.4 Å². The molecule has 150 valence electrons. The highest BCUT2D eigenvalue weighted by molar-refractivity contribution is 5.76. The van der Waals surface area contributed by atoms with Gasteiger partial charge in [0.15, 0.2) is 0 Å². The van der Waals surface area contributed by atoms with E-state index in [0.29, 0.717) is 36.4 Å². The molecule has 1 saturated heterocycles. The first-order chi connectivity index (χ1) is 13.6. The molecule has 0 spiro atoms. The Labute approximate surface area is 166 Å². The summed E-state index contributed by atoms with van der Waals surface area (Å²) in [6.45, 7) is 4.75. The van der Waals surface area contributed by atoms with E-state index < -0.39 is 0 Å². The molecule has 2 heterocycles. The van der Waals surface area contributed by atoms with Crippen LogP contribution in [0.2, 0.25) is 0 Å². The number of piperidine rings is 1. The van der Waals surface area contributed by atoms with Crippen molar-refractivity contribution in [1.29, 1.82) is 0 Å². The first-order valence-corrected chi connectivity index (χ1v) is 9.88. The third-order valence-electron chi connectivity index (χ3n) is 5.22. The second kappa shape index (κ2) is 10.1. The monoisotopic (exact) mass is 383 g/mol. The molecule has 0 saturated carbocycles. The quantitative estimate of drug-likeness (QED) is 0.730. The summed E-state index contributed by atoms with van der Waals surface area (Å²) in [5.41, 5.74) is 0.957. The zero-order chi connectivity index (χ0) is 19.8. The van der Waals surface area contributed by atoms with Gasteiger partial charge in [0.2, 0.25) is 11.8 Å².